The normalized spacial score (nSPS) is 14.0. The molecule has 16 heavy (non-hydrogen) atoms. The smallest absolute Gasteiger partial charge is 0.319 e. The Morgan fingerprint density at radius 1 is 1.25 bits per heavy atom. The van der Waals surface area contributed by atoms with Gasteiger partial charge < -0.3 is 9.47 Å². The van der Waals surface area contributed by atoms with Gasteiger partial charge in [0, 0.05) is 5.75 Å². The SMILES string of the molecule is CCOC(=O)C(CC)SCC(C)C(=O)OC. The first-order valence-corrected chi connectivity index (χ1v) is 6.47. The van der Waals surface area contributed by atoms with Crippen molar-refractivity contribution < 1.29 is 19.1 Å². The Hall–Kier alpha value is -0.710. The van der Waals surface area contributed by atoms with E-state index in [9.17, 15) is 9.59 Å². The van der Waals surface area contributed by atoms with Crippen molar-refractivity contribution in [3.8, 4) is 0 Å². The van der Waals surface area contributed by atoms with Crippen LogP contribution < -0.4 is 0 Å². The first-order valence-electron chi connectivity index (χ1n) is 5.42. The van der Waals surface area contributed by atoms with E-state index in [0.29, 0.717) is 18.8 Å². The van der Waals surface area contributed by atoms with E-state index in [1.165, 1.54) is 18.9 Å². The van der Waals surface area contributed by atoms with Gasteiger partial charge in [-0.1, -0.05) is 13.8 Å². The van der Waals surface area contributed by atoms with Crippen LogP contribution in [0.25, 0.3) is 0 Å². The molecule has 94 valence electrons. The minimum absolute atomic E-state index is 0.188. The van der Waals surface area contributed by atoms with Crippen LogP contribution in [-0.2, 0) is 19.1 Å². The van der Waals surface area contributed by atoms with Gasteiger partial charge in [0.2, 0.25) is 0 Å². The average molecular weight is 248 g/mol. The molecule has 0 heterocycles. The van der Waals surface area contributed by atoms with Crippen LogP contribution in [0.5, 0.6) is 0 Å². The van der Waals surface area contributed by atoms with Gasteiger partial charge in [-0.15, -0.1) is 11.8 Å². The lowest BCUT2D eigenvalue weighted by atomic mass is 10.2. The molecule has 0 aliphatic carbocycles. The van der Waals surface area contributed by atoms with E-state index in [-0.39, 0.29) is 23.1 Å². The molecule has 0 amide bonds. The van der Waals surface area contributed by atoms with Gasteiger partial charge in [-0.3, -0.25) is 9.59 Å². The Labute approximate surface area is 101 Å². The van der Waals surface area contributed by atoms with Crippen molar-refractivity contribution in [3.63, 3.8) is 0 Å². The summed E-state index contributed by atoms with van der Waals surface area (Å²) in [6.07, 6.45) is 0.706. The molecule has 0 spiro atoms. The third kappa shape index (κ3) is 5.39. The van der Waals surface area contributed by atoms with Crippen LogP contribution in [0.1, 0.15) is 27.2 Å². The average Bonchev–Trinajstić information content (AvgIpc) is 2.28. The molecule has 0 aromatic carbocycles. The van der Waals surface area contributed by atoms with Crippen LogP contribution >= 0.6 is 11.8 Å². The standard InChI is InChI=1S/C11H20O4S/c1-5-9(11(13)15-6-2)16-7-8(3)10(12)14-4/h8-9H,5-7H2,1-4H3. The molecule has 0 N–H and O–H groups in total. The second-order valence-corrected chi connectivity index (χ2v) is 4.64. The van der Waals surface area contributed by atoms with Gasteiger partial charge in [-0.25, -0.2) is 0 Å². The van der Waals surface area contributed by atoms with Crippen molar-refractivity contribution in [2.75, 3.05) is 19.5 Å². The number of carbonyl (C=O) groups excluding carboxylic acids is 2. The van der Waals surface area contributed by atoms with E-state index < -0.39 is 0 Å². The Bertz CT molecular complexity index is 230. The van der Waals surface area contributed by atoms with Crippen LogP contribution in [0.2, 0.25) is 0 Å². The molecule has 2 atom stereocenters. The number of ether oxygens (including phenoxy) is 2. The first kappa shape index (κ1) is 15.3. The van der Waals surface area contributed by atoms with Gasteiger partial charge in [0.25, 0.3) is 0 Å². The van der Waals surface area contributed by atoms with Gasteiger partial charge in [-0.2, -0.15) is 0 Å². The van der Waals surface area contributed by atoms with Crippen molar-refractivity contribution in [3.05, 3.63) is 0 Å². The zero-order valence-corrected chi connectivity index (χ0v) is 11.1. The van der Waals surface area contributed by atoms with Gasteiger partial charge in [-0.05, 0) is 13.3 Å². The number of thioether (sulfide) groups is 1. The Kier molecular flexibility index (Phi) is 8.07. The number of methoxy groups -OCH3 is 1. The first-order chi connectivity index (χ1) is 7.56. The molecule has 0 radical (unpaired) electrons. The van der Waals surface area contributed by atoms with Crippen molar-refractivity contribution in [1.82, 2.24) is 0 Å². The molecule has 5 heteroatoms. The highest BCUT2D eigenvalue weighted by Gasteiger charge is 2.21. The van der Waals surface area contributed by atoms with Crippen LogP contribution in [0.15, 0.2) is 0 Å². The lowest BCUT2D eigenvalue weighted by Crippen LogP contribution is -2.23. The molecule has 0 aromatic heterocycles. The molecule has 0 aliphatic heterocycles. The summed E-state index contributed by atoms with van der Waals surface area (Å²) < 4.78 is 9.56. The van der Waals surface area contributed by atoms with Crippen molar-refractivity contribution in [2.24, 2.45) is 5.92 Å². The monoisotopic (exact) mass is 248 g/mol. The minimum Gasteiger partial charge on any atom is -0.469 e. The number of esters is 2. The molecule has 0 saturated heterocycles. The fraction of sp³-hybridized carbons (Fsp3) is 0.818. The van der Waals surface area contributed by atoms with Gasteiger partial charge in [0.05, 0.1) is 19.6 Å². The maximum absolute atomic E-state index is 11.5. The summed E-state index contributed by atoms with van der Waals surface area (Å²) in [7, 11) is 1.37. The zero-order chi connectivity index (χ0) is 12.6. The van der Waals surface area contributed by atoms with E-state index in [1.54, 1.807) is 13.8 Å². The fourth-order valence-electron chi connectivity index (χ4n) is 1.12. The fourth-order valence-corrected chi connectivity index (χ4v) is 2.21. The van der Waals surface area contributed by atoms with E-state index >= 15 is 0 Å². The molecule has 0 fully saturated rings. The summed E-state index contributed by atoms with van der Waals surface area (Å²) >= 11 is 1.45. The number of hydrogen-bond donors (Lipinski definition) is 0. The zero-order valence-electron chi connectivity index (χ0n) is 10.3. The summed E-state index contributed by atoms with van der Waals surface area (Å²) in [6, 6.07) is 0. The molecule has 0 rings (SSSR count). The maximum atomic E-state index is 11.5. The van der Waals surface area contributed by atoms with Crippen molar-refractivity contribution in [1.29, 1.82) is 0 Å². The lowest BCUT2D eigenvalue weighted by molar-refractivity contribution is -0.144. The third-order valence-electron chi connectivity index (χ3n) is 2.07. The summed E-state index contributed by atoms with van der Waals surface area (Å²) in [5, 5.41) is -0.188. The third-order valence-corrected chi connectivity index (χ3v) is 3.69. The van der Waals surface area contributed by atoms with Crippen LogP contribution in [0.4, 0.5) is 0 Å². The molecule has 0 aliphatic rings. The van der Waals surface area contributed by atoms with Gasteiger partial charge in [0.15, 0.2) is 0 Å². The van der Waals surface area contributed by atoms with Gasteiger partial charge in [0.1, 0.15) is 5.25 Å². The quantitative estimate of drug-likeness (QED) is 0.644. The Balaban J connectivity index is 4.04. The topological polar surface area (TPSA) is 52.6 Å². The van der Waals surface area contributed by atoms with E-state index in [4.69, 9.17) is 4.74 Å². The second kappa shape index (κ2) is 8.44. The minimum atomic E-state index is -0.244. The highest BCUT2D eigenvalue weighted by Crippen LogP contribution is 2.19. The summed E-state index contributed by atoms with van der Waals surface area (Å²) in [5.41, 5.74) is 0. The van der Waals surface area contributed by atoms with E-state index in [2.05, 4.69) is 4.74 Å². The van der Waals surface area contributed by atoms with Crippen LogP contribution in [-0.4, -0.2) is 36.7 Å². The summed E-state index contributed by atoms with van der Waals surface area (Å²) in [6.45, 7) is 5.89. The molecular weight excluding hydrogens is 228 g/mol. The number of hydrogen-bond acceptors (Lipinski definition) is 5. The largest absolute Gasteiger partial charge is 0.469 e. The second-order valence-electron chi connectivity index (χ2n) is 3.41. The lowest BCUT2D eigenvalue weighted by Gasteiger charge is -2.15. The maximum Gasteiger partial charge on any atom is 0.319 e. The van der Waals surface area contributed by atoms with Gasteiger partial charge >= 0.3 is 11.9 Å². The Morgan fingerprint density at radius 2 is 1.88 bits per heavy atom. The molecular formula is C11H20O4S. The summed E-state index contributed by atoms with van der Waals surface area (Å²) in [4.78, 5) is 22.6. The van der Waals surface area contributed by atoms with Crippen molar-refractivity contribution in [2.45, 2.75) is 32.4 Å². The highest BCUT2D eigenvalue weighted by atomic mass is 32.2. The number of carbonyl (C=O) groups is 2. The van der Waals surface area contributed by atoms with E-state index in [1.807, 2.05) is 6.92 Å². The van der Waals surface area contributed by atoms with E-state index in [0.717, 1.165) is 0 Å². The highest BCUT2D eigenvalue weighted by molar-refractivity contribution is 8.00. The summed E-state index contributed by atoms with van der Waals surface area (Å²) in [5.74, 6) is -0.0685. The molecule has 0 aromatic rings. The molecule has 4 nitrogen and oxygen atoms in total. The number of rotatable bonds is 7. The van der Waals surface area contributed by atoms with Crippen LogP contribution in [0, 0.1) is 5.92 Å². The molecule has 0 saturated carbocycles. The predicted molar refractivity (Wildman–Crippen MR) is 64.4 cm³/mol. The Morgan fingerprint density at radius 3 is 2.31 bits per heavy atom. The van der Waals surface area contributed by atoms with Crippen LogP contribution in [0.3, 0.4) is 0 Å². The predicted octanol–water partition coefficient (Wildman–Crippen LogP) is 1.87. The molecule has 2 unspecified atom stereocenters. The molecule has 0 bridgehead atoms. The van der Waals surface area contributed by atoms with Crippen molar-refractivity contribution >= 4 is 23.7 Å².